The molecule has 0 radical (unpaired) electrons. The molecule has 100 valence electrons. The van der Waals surface area contributed by atoms with Gasteiger partial charge in [0, 0.05) is 23.1 Å². The Balaban J connectivity index is 2.13. The second-order valence-corrected chi connectivity index (χ2v) is 6.86. The van der Waals surface area contributed by atoms with Crippen LogP contribution < -0.4 is 0 Å². The lowest BCUT2D eigenvalue weighted by atomic mass is 9.57. The highest BCUT2D eigenvalue weighted by Crippen LogP contribution is 2.52. The Morgan fingerprint density at radius 3 is 2.63 bits per heavy atom. The highest BCUT2D eigenvalue weighted by molar-refractivity contribution is 9.10. The average molecular weight is 319 g/mol. The second kappa shape index (κ2) is 4.48. The molecule has 0 saturated heterocycles. The maximum Gasteiger partial charge on any atom is 0.0759 e. The lowest BCUT2D eigenvalue weighted by Crippen LogP contribution is -2.42. The fourth-order valence-electron chi connectivity index (χ4n) is 3.56. The Morgan fingerprint density at radius 1 is 1.37 bits per heavy atom. The van der Waals surface area contributed by atoms with Gasteiger partial charge in [-0.25, -0.2) is 0 Å². The number of nitrogens with zero attached hydrogens (tertiary/aromatic N) is 2. The highest BCUT2D eigenvalue weighted by atomic mass is 79.9. The van der Waals surface area contributed by atoms with Crippen molar-refractivity contribution in [2.24, 2.45) is 13.0 Å². The SMILES string of the molecule is Cc1cn(C)nc1C1(c2cccc(Br)c2)CC(C)C1. The predicted molar refractivity (Wildman–Crippen MR) is 81.3 cm³/mol. The van der Waals surface area contributed by atoms with Crippen LogP contribution in [0.4, 0.5) is 0 Å². The standard InChI is InChI=1S/C16H19BrN2/c1-11-8-16(9-11,13-5-4-6-14(17)7-13)15-12(2)10-19(3)18-15/h4-7,10-11H,8-9H2,1-3H3. The topological polar surface area (TPSA) is 17.8 Å². The molecule has 2 aromatic rings. The molecule has 1 heterocycles. The van der Waals surface area contributed by atoms with E-state index in [1.165, 1.54) is 29.7 Å². The Kier molecular flexibility index (Phi) is 3.05. The van der Waals surface area contributed by atoms with Gasteiger partial charge in [0.05, 0.1) is 5.69 Å². The minimum Gasteiger partial charge on any atom is -0.275 e. The monoisotopic (exact) mass is 318 g/mol. The van der Waals surface area contributed by atoms with Gasteiger partial charge in [-0.15, -0.1) is 0 Å². The van der Waals surface area contributed by atoms with E-state index < -0.39 is 0 Å². The van der Waals surface area contributed by atoms with E-state index in [1.54, 1.807) is 0 Å². The third-order valence-electron chi connectivity index (χ3n) is 4.24. The fourth-order valence-corrected chi connectivity index (χ4v) is 3.96. The maximum absolute atomic E-state index is 4.75. The minimum atomic E-state index is 0.120. The molecule has 1 aliphatic carbocycles. The smallest absolute Gasteiger partial charge is 0.0759 e. The molecular weight excluding hydrogens is 300 g/mol. The molecule has 19 heavy (non-hydrogen) atoms. The van der Waals surface area contributed by atoms with Crippen molar-refractivity contribution in [2.45, 2.75) is 32.1 Å². The number of aromatic nitrogens is 2. The van der Waals surface area contributed by atoms with E-state index in [4.69, 9.17) is 5.10 Å². The van der Waals surface area contributed by atoms with Crippen LogP contribution in [0.5, 0.6) is 0 Å². The molecule has 0 bridgehead atoms. The number of hydrogen-bond donors (Lipinski definition) is 0. The van der Waals surface area contributed by atoms with Crippen LogP contribution in [0, 0.1) is 12.8 Å². The van der Waals surface area contributed by atoms with E-state index in [9.17, 15) is 0 Å². The quantitative estimate of drug-likeness (QED) is 0.811. The molecule has 1 aromatic carbocycles. The lowest BCUT2D eigenvalue weighted by molar-refractivity contribution is 0.193. The zero-order chi connectivity index (χ0) is 13.6. The maximum atomic E-state index is 4.75. The molecule has 0 aliphatic heterocycles. The average Bonchev–Trinajstić information content (AvgIpc) is 2.64. The molecule has 1 fully saturated rings. The molecule has 1 aromatic heterocycles. The normalized spacial score (nSPS) is 26.2. The van der Waals surface area contributed by atoms with Gasteiger partial charge in [-0.1, -0.05) is 35.0 Å². The molecule has 0 N–H and O–H groups in total. The number of aryl methyl sites for hydroxylation is 2. The van der Waals surface area contributed by atoms with E-state index >= 15 is 0 Å². The van der Waals surface area contributed by atoms with Gasteiger partial charge in [0.1, 0.15) is 0 Å². The Labute approximate surface area is 123 Å². The first-order valence-electron chi connectivity index (χ1n) is 6.78. The van der Waals surface area contributed by atoms with E-state index in [0.717, 1.165) is 10.4 Å². The number of benzene rings is 1. The molecule has 2 nitrogen and oxygen atoms in total. The Hall–Kier alpha value is -1.09. The van der Waals surface area contributed by atoms with Crippen molar-refractivity contribution in [2.75, 3.05) is 0 Å². The molecule has 3 rings (SSSR count). The summed E-state index contributed by atoms with van der Waals surface area (Å²) in [6, 6.07) is 8.71. The van der Waals surface area contributed by atoms with Crippen molar-refractivity contribution in [1.29, 1.82) is 0 Å². The summed E-state index contributed by atoms with van der Waals surface area (Å²) in [6.45, 7) is 4.50. The zero-order valence-electron chi connectivity index (χ0n) is 11.7. The van der Waals surface area contributed by atoms with Gasteiger partial charge < -0.3 is 0 Å². The van der Waals surface area contributed by atoms with Gasteiger partial charge in [0.25, 0.3) is 0 Å². The Morgan fingerprint density at radius 2 is 2.11 bits per heavy atom. The molecular formula is C16H19BrN2. The van der Waals surface area contributed by atoms with Crippen LogP contribution in [-0.2, 0) is 12.5 Å². The molecule has 1 saturated carbocycles. The second-order valence-electron chi connectivity index (χ2n) is 5.94. The first-order valence-corrected chi connectivity index (χ1v) is 7.57. The first kappa shape index (κ1) is 12.9. The van der Waals surface area contributed by atoms with Gasteiger partial charge in [-0.3, -0.25) is 4.68 Å². The fraction of sp³-hybridized carbons (Fsp3) is 0.438. The van der Waals surface area contributed by atoms with Crippen molar-refractivity contribution in [1.82, 2.24) is 9.78 Å². The summed E-state index contributed by atoms with van der Waals surface area (Å²) >= 11 is 3.59. The van der Waals surface area contributed by atoms with Crippen LogP contribution in [0.3, 0.4) is 0 Å². The van der Waals surface area contributed by atoms with Gasteiger partial charge in [-0.05, 0) is 48.9 Å². The van der Waals surface area contributed by atoms with E-state index in [2.05, 4.69) is 60.2 Å². The largest absolute Gasteiger partial charge is 0.275 e. The third-order valence-corrected chi connectivity index (χ3v) is 4.73. The molecule has 3 heteroatoms. The van der Waals surface area contributed by atoms with Gasteiger partial charge in [-0.2, -0.15) is 5.10 Å². The molecule has 1 aliphatic rings. The number of rotatable bonds is 2. The van der Waals surface area contributed by atoms with Crippen molar-refractivity contribution < 1.29 is 0 Å². The molecule has 0 spiro atoms. The zero-order valence-corrected chi connectivity index (χ0v) is 13.2. The summed E-state index contributed by atoms with van der Waals surface area (Å²) in [5.74, 6) is 0.778. The van der Waals surface area contributed by atoms with E-state index in [-0.39, 0.29) is 5.41 Å². The van der Waals surface area contributed by atoms with Crippen LogP contribution in [0.25, 0.3) is 0 Å². The van der Waals surface area contributed by atoms with Crippen molar-refractivity contribution in [3.63, 3.8) is 0 Å². The van der Waals surface area contributed by atoms with Crippen molar-refractivity contribution >= 4 is 15.9 Å². The summed E-state index contributed by atoms with van der Waals surface area (Å²) in [5.41, 5.74) is 4.07. The summed E-state index contributed by atoms with van der Waals surface area (Å²) in [5, 5.41) is 4.75. The van der Waals surface area contributed by atoms with Crippen molar-refractivity contribution in [3.05, 3.63) is 51.8 Å². The minimum absolute atomic E-state index is 0.120. The number of hydrogen-bond acceptors (Lipinski definition) is 1. The summed E-state index contributed by atoms with van der Waals surface area (Å²) in [4.78, 5) is 0. The van der Waals surface area contributed by atoms with E-state index in [0.29, 0.717) is 0 Å². The lowest BCUT2D eigenvalue weighted by Gasteiger charge is -2.46. The highest BCUT2D eigenvalue weighted by Gasteiger charge is 2.47. The predicted octanol–water partition coefficient (Wildman–Crippen LogP) is 4.21. The Bertz CT molecular complexity index is 609. The van der Waals surface area contributed by atoms with Crippen molar-refractivity contribution in [3.8, 4) is 0 Å². The molecule has 0 unspecified atom stereocenters. The van der Waals surface area contributed by atoms with E-state index in [1.807, 2.05) is 11.7 Å². The third kappa shape index (κ3) is 2.04. The summed E-state index contributed by atoms with van der Waals surface area (Å²) in [7, 11) is 2.01. The van der Waals surface area contributed by atoms with Crippen LogP contribution >= 0.6 is 15.9 Å². The first-order chi connectivity index (χ1) is 9.01. The van der Waals surface area contributed by atoms with Crippen LogP contribution in [-0.4, -0.2) is 9.78 Å². The van der Waals surface area contributed by atoms with Gasteiger partial charge in [0.15, 0.2) is 0 Å². The summed E-state index contributed by atoms with van der Waals surface area (Å²) < 4.78 is 3.09. The van der Waals surface area contributed by atoms with Gasteiger partial charge in [0.2, 0.25) is 0 Å². The number of halogens is 1. The molecule has 0 amide bonds. The summed E-state index contributed by atoms with van der Waals surface area (Å²) in [6.07, 6.45) is 4.51. The molecule has 0 atom stereocenters. The van der Waals surface area contributed by atoms with Gasteiger partial charge >= 0.3 is 0 Å². The van der Waals surface area contributed by atoms with Crippen LogP contribution in [0.15, 0.2) is 34.9 Å². The van der Waals surface area contributed by atoms with Crippen LogP contribution in [0.2, 0.25) is 0 Å². The van der Waals surface area contributed by atoms with Crippen LogP contribution in [0.1, 0.15) is 36.6 Å².